The number of nitrogens with zero attached hydrogens (tertiary/aromatic N) is 2. The normalized spacial score (nSPS) is 7.64. The van der Waals surface area contributed by atoms with Gasteiger partial charge in [0, 0.05) is 0 Å². The number of nitrogen functional groups attached to an aromatic ring is 3. The van der Waals surface area contributed by atoms with Crippen LogP contribution in [-0.2, 0) is 0 Å². The minimum Gasteiger partial charge on any atom is -0.394 e. The highest BCUT2D eigenvalue weighted by atomic mass is 35.5. The smallest absolute Gasteiger partial charge is 0.222 e. The molecule has 0 aromatic carbocycles. The second-order valence-electron chi connectivity index (χ2n) is 1.57. The summed E-state index contributed by atoms with van der Waals surface area (Å²) in [6.07, 6.45) is 1.37. The number of halogens is 2. The fourth-order valence-electron chi connectivity index (χ4n) is 0.419. The molecule has 0 radical (unpaired) electrons. The maximum Gasteiger partial charge on any atom is 0.222 e. The topological polar surface area (TPSA) is 104 Å². The summed E-state index contributed by atoms with van der Waals surface area (Å²) >= 11 is 0. The summed E-state index contributed by atoms with van der Waals surface area (Å²) in [5.74, 6) is 0.365. The van der Waals surface area contributed by atoms with Crippen molar-refractivity contribution in [1.82, 2.24) is 9.97 Å². The molecule has 0 spiro atoms. The Labute approximate surface area is 76.2 Å². The van der Waals surface area contributed by atoms with Crippen molar-refractivity contribution in [3.8, 4) is 0 Å². The van der Waals surface area contributed by atoms with Crippen LogP contribution in [0.1, 0.15) is 0 Å². The molecule has 11 heavy (non-hydrogen) atoms. The third-order valence-corrected chi connectivity index (χ3v) is 0.867. The van der Waals surface area contributed by atoms with E-state index in [4.69, 9.17) is 17.2 Å². The molecule has 0 aliphatic carbocycles. The molecule has 6 N–H and O–H groups in total. The first-order valence-corrected chi connectivity index (χ1v) is 2.33. The van der Waals surface area contributed by atoms with E-state index in [1.807, 2.05) is 0 Å². The molecular formula is C4H9Cl2N5. The van der Waals surface area contributed by atoms with Crippen LogP contribution in [-0.4, -0.2) is 9.97 Å². The molecule has 0 saturated carbocycles. The summed E-state index contributed by atoms with van der Waals surface area (Å²) in [5, 5.41) is 0. The number of nitrogens with two attached hydrogens (primary N) is 3. The second kappa shape index (κ2) is 4.81. The minimum absolute atomic E-state index is 0. The lowest BCUT2D eigenvalue weighted by atomic mass is 10.5. The zero-order valence-electron chi connectivity index (χ0n) is 5.52. The molecule has 0 fully saturated rings. The fourth-order valence-corrected chi connectivity index (χ4v) is 0.419. The summed E-state index contributed by atoms with van der Waals surface area (Å²) < 4.78 is 0. The standard InChI is InChI=1S/C4H7N5.2ClH/c5-2-1-8-4(7)9-3(2)6;;/h1H,5H2,(H4,6,7,8,9);2*1H. The maximum atomic E-state index is 5.28. The van der Waals surface area contributed by atoms with E-state index >= 15 is 0 Å². The molecule has 0 bridgehead atoms. The molecule has 64 valence electrons. The van der Waals surface area contributed by atoms with E-state index in [0.717, 1.165) is 0 Å². The molecule has 0 aliphatic heterocycles. The van der Waals surface area contributed by atoms with E-state index in [-0.39, 0.29) is 36.6 Å². The van der Waals surface area contributed by atoms with Crippen molar-refractivity contribution in [3.63, 3.8) is 0 Å². The molecular weight excluding hydrogens is 189 g/mol. The first kappa shape index (κ1) is 12.7. The predicted octanol–water partition coefficient (Wildman–Crippen LogP) is 0.0668. The SMILES string of the molecule is Cl.Cl.Nc1ncc(N)c(N)n1. The Balaban J connectivity index is 0. The predicted molar refractivity (Wildman–Crippen MR) is 49.8 cm³/mol. The molecule has 7 heteroatoms. The van der Waals surface area contributed by atoms with Crippen molar-refractivity contribution in [3.05, 3.63) is 6.20 Å². The lowest BCUT2D eigenvalue weighted by Crippen LogP contribution is -2.02. The van der Waals surface area contributed by atoms with Crippen molar-refractivity contribution >= 4 is 42.3 Å². The van der Waals surface area contributed by atoms with Gasteiger partial charge in [-0.25, -0.2) is 4.98 Å². The Morgan fingerprint density at radius 2 is 1.64 bits per heavy atom. The molecule has 1 aromatic heterocycles. The van der Waals surface area contributed by atoms with Gasteiger partial charge in [-0.05, 0) is 0 Å². The summed E-state index contributed by atoms with van der Waals surface area (Å²) in [7, 11) is 0. The van der Waals surface area contributed by atoms with Gasteiger partial charge in [-0.1, -0.05) is 0 Å². The van der Waals surface area contributed by atoms with E-state index in [1.165, 1.54) is 6.20 Å². The van der Waals surface area contributed by atoms with Crippen LogP contribution in [0.4, 0.5) is 17.5 Å². The van der Waals surface area contributed by atoms with Crippen LogP contribution in [0.5, 0.6) is 0 Å². The molecule has 0 atom stereocenters. The Morgan fingerprint density at radius 3 is 2.00 bits per heavy atom. The van der Waals surface area contributed by atoms with Crippen LogP contribution in [0.2, 0.25) is 0 Å². The van der Waals surface area contributed by atoms with Gasteiger partial charge in [-0.3, -0.25) is 0 Å². The molecule has 5 nitrogen and oxygen atoms in total. The average molecular weight is 198 g/mol. The Morgan fingerprint density at radius 1 is 1.09 bits per heavy atom. The van der Waals surface area contributed by atoms with Crippen LogP contribution in [0.15, 0.2) is 6.20 Å². The second-order valence-corrected chi connectivity index (χ2v) is 1.57. The van der Waals surface area contributed by atoms with E-state index in [1.54, 1.807) is 0 Å². The first-order valence-electron chi connectivity index (χ1n) is 2.33. The molecule has 0 unspecified atom stereocenters. The Kier molecular flexibility index (Phi) is 5.56. The molecule has 1 aromatic rings. The number of rotatable bonds is 0. The summed E-state index contributed by atoms with van der Waals surface area (Å²) in [6, 6.07) is 0. The lowest BCUT2D eigenvalue weighted by molar-refractivity contribution is 1.20. The van der Waals surface area contributed by atoms with Crippen LogP contribution in [0.25, 0.3) is 0 Å². The summed E-state index contributed by atoms with van der Waals surface area (Å²) in [4.78, 5) is 7.19. The largest absolute Gasteiger partial charge is 0.394 e. The zero-order chi connectivity index (χ0) is 6.85. The van der Waals surface area contributed by atoms with E-state index in [9.17, 15) is 0 Å². The van der Waals surface area contributed by atoms with Crippen molar-refractivity contribution in [2.24, 2.45) is 0 Å². The highest BCUT2D eigenvalue weighted by Crippen LogP contribution is 2.08. The third-order valence-electron chi connectivity index (χ3n) is 0.867. The molecule has 0 amide bonds. The maximum absolute atomic E-state index is 5.28. The van der Waals surface area contributed by atoms with E-state index in [0.29, 0.717) is 5.69 Å². The number of hydrogen-bond acceptors (Lipinski definition) is 5. The minimum atomic E-state index is 0. The van der Waals surface area contributed by atoms with Crippen LogP contribution < -0.4 is 17.2 Å². The van der Waals surface area contributed by atoms with Gasteiger partial charge in [0.05, 0.1) is 11.9 Å². The highest BCUT2D eigenvalue weighted by molar-refractivity contribution is 5.85. The van der Waals surface area contributed by atoms with E-state index < -0.39 is 0 Å². The average Bonchev–Trinajstić information content (AvgIpc) is 1.80. The number of aromatic nitrogens is 2. The highest BCUT2D eigenvalue weighted by Gasteiger charge is 1.94. The van der Waals surface area contributed by atoms with Crippen LogP contribution >= 0.6 is 24.8 Å². The third kappa shape index (κ3) is 3.10. The molecule has 1 heterocycles. The fraction of sp³-hybridized carbons (Fsp3) is 0. The monoisotopic (exact) mass is 197 g/mol. The van der Waals surface area contributed by atoms with Gasteiger partial charge >= 0.3 is 0 Å². The summed E-state index contributed by atoms with van der Waals surface area (Å²) in [5.41, 5.74) is 16.1. The van der Waals surface area contributed by atoms with Gasteiger partial charge in [0.2, 0.25) is 5.95 Å². The van der Waals surface area contributed by atoms with Crippen molar-refractivity contribution in [2.75, 3.05) is 17.2 Å². The first-order chi connectivity index (χ1) is 4.20. The quantitative estimate of drug-likeness (QED) is 0.547. The number of hydrogen-bond donors (Lipinski definition) is 3. The Hall–Kier alpha value is -0.940. The van der Waals surface area contributed by atoms with Crippen molar-refractivity contribution in [2.45, 2.75) is 0 Å². The zero-order valence-corrected chi connectivity index (χ0v) is 7.15. The van der Waals surface area contributed by atoms with Gasteiger partial charge in [-0.2, -0.15) is 4.98 Å². The van der Waals surface area contributed by atoms with Crippen LogP contribution in [0.3, 0.4) is 0 Å². The van der Waals surface area contributed by atoms with Gasteiger partial charge in [0.15, 0.2) is 5.82 Å². The van der Waals surface area contributed by atoms with Crippen molar-refractivity contribution in [1.29, 1.82) is 0 Å². The van der Waals surface area contributed by atoms with Gasteiger partial charge in [0.25, 0.3) is 0 Å². The summed E-state index contributed by atoms with van der Waals surface area (Å²) in [6.45, 7) is 0. The lowest BCUT2D eigenvalue weighted by Gasteiger charge is -1.96. The van der Waals surface area contributed by atoms with Gasteiger partial charge in [0.1, 0.15) is 0 Å². The molecule has 1 rings (SSSR count). The van der Waals surface area contributed by atoms with Gasteiger partial charge in [-0.15, -0.1) is 24.8 Å². The van der Waals surface area contributed by atoms with E-state index in [2.05, 4.69) is 9.97 Å². The van der Waals surface area contributed by atoms with Gasteiger partial charge < -0.3 is 17.2 Å². The van der Waals surface area contributed by atoms with Crippen molar-refractivity contribution < 1.29 is 0 Å². The molecule has 0 saturated heterocycles. The molecule has 0 aliphatic rings. The van der Waals surface area contributed by atoms with Crippen LogP contribution in [0, 0.1) is 0 Å². The number of anilines is 3. The Bertz CT molecular complexity index is 228.